The molecule has 154 valence electrons. The van der Waals surface area contributed by atoms with Gasteiger partial charge in [-0.3, -0.25) is 9.69 Å². The maximum absolute atomic E-state index is 13.1. The predicted molar refractivity (Wildman–Crippen MR) is 118 cm³/mol. The van der Waals surface area contributed by atoms with E-state index in [1.165, 1.54) is 11.8 Å². The Hall–Kier alpha value is -2.82. The number of fused-ring (bicyclic) bond motifs is 1. The summed E-state index contributed by atoms with van der Waals surface area (Å²) in [6, 6.07) is 15.4. The molecule has 4 rings (SSSR count). The highest BCUT2D eigenvalue weighted by molar-refractivity contribution is 8.03. The lowest BCUT2D eigenvalue weighted by Crippen LogP contribution is -2.47. The summed E-state index contributed by atoms with van der Waals surface area (Å²) in [7, 11) is 3.15. The highest BCUT2D eigenvalue weighted by Crippen LogP contribution is 2.44. The van der Waals surface area contributed by atoms with Crippen molar-refractivity contribution in [3.8, 4) is 17.6 Å². The monoisotopic (exact) mass is 441 g/mol. The lowest BCUT2D eigenvalue weighted by molar-refractivity contribution is -0.129. The molecule has 0 N–H and O–H groups in total. The molecule has 2 aromatic rings. The number of carbonyl (C=O) groups is 1. The van der Waals surface area contributed by atoms with Crippen LogP contribution in [0.4, 0.5) is 5.69 Å². The third-order valence-corrected chi connectivity index (χ3v) is 6.67. The van der Waals surface area contributed by atoms with E-state index in [0.717, 1.165) is 16.3 Å². The van der Waals surface area contributed by atoms with Gasteiger partial charge in [0.1, 0.15) is 0 Å². The number of ether oxygens (including phenoxy) is 2. The SMILES string of the molecule is COc1ccc([C@H]2CC(=O)N3CN(c4cccc(Cl)c4)CSC3=C2C#N)cc1OC. The Balaban J connectivity index is 1.67. The summed E-state index contributed by atoms with van der Waals surface area (Å²) < 4.78 is 10.7. The van der Waals surface area contributed by atoms with Crippen LogP contribution >= 0.6 is 23.4 Å². The molecule has 1 atom stereocenters. The third kappa shape index (κ3) is 3.69. The van der Waals surface area contributed by atoms with Crippen LogP contribution in [0.1, 0.15) is 17.9 Å². The Morgan fingerprint density at radius 1 is 1.17 bits per heavy atom. The first-order chi connectivity index (χ1) is 14.5. The van der Waals surface area contributed by atoms with E-state index < -0.39 is 0 Å². The van der Waals surface area contributed by atoms with Crippen molar-refractivity contribution in [2.45, 2.75) is 12.3 Å². The highest BCUT2D eigenvalue weighted by Gasteiger charge is 2.38. The van der Waals surface area contributed by atoms with E-state index >= 15 is 0 Å². The zero-order valence-electron chi connectivity index (χ0n) is 16.6. The average molecular weight is 442 g/mol. The van der Waals surface area contributed by atoms with E-state index in [9.17, 15) is 10.1 Å². The number of halogens is 1. The quantitative estimate of drug-likeness (QED) is 0.692. The van der Waals surface area contributed by atoms with Crippen molar-refractivity contribution in [2.75, 3.05) is 31.7 Å². The summed E-state index contributed by atoms with van der Waals surface area (Å²) in [5.74, 6) is 1.50. The fourth-order valence-electron chi connectivity index (χ4n) is 3.75. The van der Waals surface area contributed by atoms with Gasteiger partial charge in [-0.25, -0.2) is 0 Å². The van der Waals surface area contributed by atoms with Crippen molar-refractivity contribution in [2.24, 2.45) is 0 Å². The number of methoxy groups -OCH3 is 2. The number of anilines is 1. The maximum Gasteiger partial charge on any atom is 0.229 e. The summed E-state index contributed by atoms with van der Waals surface area (Å²) in [5.41, 5.74) is 2.42. The van der Waals surface area contributed by atoms with E-state index in [1.807, 2.05) is 36.4 Å². The van der Waals surface area contributed by atoms with Crippen LogP contribution in [0.2, 0.25) is 5.02 Å². The number of benzene rings is 2. The van der Waals surface area contributed by atoms with E-state index in [0.29, 0.717) is 34.6 Å². The molecule has 6 nitrogen and oxygen atoms in total. The number of hydrogen-bond acceptors (Lipinski definition) is 6. The van der Waals surface area contributed by atoms with Crippen LogP contribution in [0.15, 0.2) is 53.1 Å². The normalized spacial score (nSPS) is 18.7. The first-order valence-corrected chi connectivity index (χ1v) is 10.7. The zero-order valence-corrected chi connectivity index (χ0v) is 18.2. The van der Waals surface area contributed by atoms with Crippen LogP contribution in [0.25, 0.3) is 0 Å². The van der Waals surface area contributed by atoms with Crippen molar-refractivity contribution < 1.29 is 14.3 Å². The van der Waals surface area contributed by atoms with Gasteiger partial charge in [-0.05, 0) is 35.9 Å². The molecule has 8 heteroatoms. The molecule has 0 spiro atoms. The Bertz CT molecular complexity index is 1070. The second-order valence-electron chi connectivity index (χ2n) is 6.96. The number of hydrogen-bond donors (Lipinski definition) is 0. The van der Waals surface area contributed by atoms with Gasteiger partial charge in [-0.15, -0.1) is 0 Å². The molecule has 0 unspecified atom stereocenters. The Morgan fingerprint density at radius 2 is 1.97 bits per heavy atom. The average Bonchev–Trinajstić information content (AvgIpc) is 2.78. The maximum atomic E-state index is 13.1. The predicted octanol–water partition coefficient (Wildman–Crippen LogP) is 4.58. The van der Waals surface area contributed by atoms with Gasteiger partial charge < -0.3 is 14.4 Å². The Labute approximate surface area is 184 Å². The molecule has 1 saturated heterocycles. The van der Waals surface area contributed by atoms with Gasteiger partial charge in [-0.1, -0.05) is 35.5 Å². The van der Waals surface area contributed by atoms with E-state index in [1.54, 1.807) is 25.2 Å². The van der Waals surface area contributed by atoms with Crippen molar-refractivity contribution in [1.82, 2.24) is 4.90 Å². The first kappa shape index (κ1) is 20.5. The second kappa shape index (κ2) is 8.50. The Kier molecular flexibility index (Phi) is 5.80. The smallest absolute Gasteiger partial charge is 0.229 e. The molecule has 0 aromatic heterocycles. The van der Waals surface area contributed by atoms with E-state index in [-0.39, 0.29) is 18.2 Å². The minimum absolute atomic E-state index is 0.0111. The van der Waals surface area contributed by atoms with Crippen molar-refractivity contribution in [3.05, 3.63) is 63.7 Å². The van der Waals surface area contributed by atoms with Crippen LogP contribution < -0.4 is 14.4 Å². The van der Waals surface area contributed by atoms with Crippen LogP contribution in [0, 0.1) is 11.3 Å². The van der Waals surface area contributed by atoms with Crippen LogP contribution in [0.5, 0.6) is 11.5 Å². The molecular formula is C22H20ClN3O3S. The lowest BCUT2D eigenvalue weighted by Gasteiger charge is -2.42. The minimum atomic E-state index is -0.307. The summed E-state index contributed by atoms with van der Waals surface area (Å²) >= 11 is 7.62. The van der Waals surface area contributed by atoms with Crippen LogP contribution in [-0.4, -0.2) is 37.6 Å². The number of nitriles is 1. The van der Waals surface area contributed by atoms with E-state index in [4.69, 9.17) is 21.1 Å². The number of thioether (sulfide) groups is 1. The largest absolute Gasteiger partial charge is 0.493 e. The molecule has 0 radical (unpaired) electrons. The van der Waals surface area contributed by atoms with Gasteiger partial charge in [0.05, 0.1) is 43.4 Å². The molecule has 30 heavy (non-hydrogen) atoms. The summed E-state index contributed by atoms with van der Waals surface area (Å²) in [6.07, 6.45) is 0.228. The van der Waals surface area contributed by atoms with Crippen molar-refractivity contribution in [3.63, 3.8) is 0 Å². The summed E-state index contributed by atoms with van der Waals surface area (Å²) in [6.45, 7) is 0.394. The van der Waals surface area contributed by atoms with Gasteiger partial charge in [0.25, 0.3) is 0 Å². The van der Waals surface area contributed by atoms with Gasteiger partial charge in [-0.2, -0.15) is 5.26 Å². The molecule has 1 amide bonds. The lowest BCUT2D eigenvalue weighted by atomic mass is 9.86. The van der Waals surface area contributed by atoms with Crippen LogP contribution in [0.3, 0.4) is 0 Å². The highest BCUT2D eigenvalue weighted by atomic mass is 35.5. The number of allylic oxidation sites excluding steroid dienone is 1. The molecule has 0 aliphatic carbocycles. The number of nitrogens with zero attached hydrogens (tertiary/aromatic N) is 3. The van der Waals surface area contributed by atoms with Gasteiger partial charge in [0, 0.05) is 23.0 Å². The third-order valence-electron chi connectivity index (χ3n) is 5.28. The van der Waals surface area contributed by atoms with Crippen LogP contribution in [-0.2, 0) is 4.79 Å². The van der Waals surface area contributed by atoms with E-state index in [2.05, 4.69) is 11.0 Å². The Morgan fingerprint density at radius 3 is 2.67 bits per heavy atom. The second-order valence-corrected chi connectivity index (χ2v) is 8.33. The van der Waals surface area contributed by atoms with Gasteiger partial charge >= 0.3 is 0 Å². The molecule has 2 aliphatic rings. The van der Waals surface area contributed by atoms with Crippen molar-refractivity contribution in [1.29, 1.82) is 5.26 Å². The first-order valence-electron chi connectivity index (χ1n) is 9.35. The standard InChI is InChI=1S/C22H20ClN3O3S/c1-28-19-7-6-14(8-20(19)29-2)17-10-21(27)26-12-25(13-30-22(26)18(17)11-24)16-5-3-4-15(23)9-16/h3-9,17H,10,12-13H2,1-2H3/t17-/m1/s1. The summed E-state index contributed by atoms with van der Waals surface area (Å²) in [5, 5.41) is 11.3. The molecule has 1 fully saturated rings. The summed E-state index contributed by atoms with van der Waals surface area (Å²) in [4.78, 5) is 16.8. The number of carbonyl (C=O) groups excluding carboxylic acids is 1. The zero-order chi connectivity index (χ0) is 21.3. The molecule has 2 heterocycles. The molecular weight excluding hydrogens is 422 g/mol. The van der Waals surface area contributed by atoms with Gasteiger partial charge in [0.15, 0.2) is 11.5 Å². The molecule has 0 bridgehead atoms. The minimum Gasteiger partial charge on any atom is -0.493 e. The molecule has 0 saturated carbocycles. The fraction of sp³-hybridized carbons (Fsp3) is 0.273. The molecule has 2 aromatic carbocycles. The molecule has 2 aliphatic heterocycles. The van der Waals surface area contributed by atoms with Gasteiger partial charge in [0.2, 0.25) is 5.91 Å². The van der Waals surface area contributed by atoms with Crippen molar-refractivity contribution >= 4 is 35.0 Å². The fourth-order valence-corrected chi connectivity index (χ4v) is 5.10. The number of rotatable bonds is 4. The topological polar surface area (TPSA) is 65.8 Å². The number of amides is 1.